The van der Waals surface area contributed by atoms with E-state index in [0.717, 1.165) is 12.1 Å². The van der Waals surface area contributed by atoms with Crippen LogP contribution in [-0.2, 0) is 24.2 Å². The zero-order valence-corrected chi connectivity index (χ0v) is 11.3. The minimum atomic E-state index is -0.876. The lowest BCUT2D eigenvalue weighted by molar-refractivity contribution is -0.141. The molecule has 5 heteroatoms. The Morgan fingerprint density at radius 3 is 2.75 bits per heavy atom. The molecule has 1 aromatic carbocycles. The summed E-state index contributed by atoms with van der Waals surface area (Å²) in [5.74, 6) is -1.80. The lowest BCUT2D eigenvalue weighted by Crippen LogP contribution is -2.19. The molecule has 0 radical (unpaired) electrons. The second kappa shape index (κ2) is 6.32. The van der Waals surface area contributed by atoms with Crippen LogP contribution in [-0.4, -0.2) is 20.9 Å². The van der Waals surface area contributed by atoms with Gasteiger partial charge >= 0.3 is 5.97 Å². The highest BCUT2D eigenvalue weighted by Gasteiger charge is 2.19. The number of hydrogen-bond acceptors (Lipinski definition) is 2. The smallest absolute Gasteiger partial charge is 0.307 e. The number of aliphatic carboxylic acids is 1. The molecular formula is C15H17FN2O2. The number of nitrogens with zero attached hydrogens (tertiary/aromatic N) is 2. The van der Waals surface area contributed by atoms with E-state index >= 15 is 0 Å². The Hall–Kier alpha value is -2.17. The fourth-order valence-corrected chi connectivity index (χ4v) is 2.16. The maximum atomic E-state index is 13.1. The molecule has 2 aromatic rings. The van der Waals surface area contributed by atoms with E-state index in [2.05, 4.69) is 5.10 Å². The van der Waals surface area contributed by atoms with Crippen LogP contribution in [0.1, 0.15) is 18.1 Å². The van der Waals surface area contributed by atoms with Crippen molar-refractivity contribution in [2.24, 2.45) is 5.92 Å². The minimum Gasteiger partial charge on any atom is -0.481 e. The van der Waals surface area contributed by atoms with E-state index in [0.29, 0.717) is 18.4 Å². The Balaban J connectivity index is 2.09. The van der Waals surface area contributed by atoms with Crippen LogP contribution in [0.4, 0.5) is 4.39 Å². The average molecular weight is 276 g/mol. The molecule has 0 spiro atoms. The molecule has 0 aliphatic rings. The van der Waals surface area contributed by atoms with Gasteiger partial charge in [0.1, 0.15) is 5.82 Å². The molecule has 1 N–H and O–H groups in total. The number of carboxylic acid groups (broad SMARTS) is 1. The number of hydrogen-bond donors (Lipinski definition) is 1. The summed E-state index contributed by atoms with van der Waals surface area (Å²) in [6.45, 7) is 2.72. The van der Waals surface area contributed by atoms with Crippen molar-refractivity contribution >= 4 is 5.97 Å². The number of aromatic nitrogens is 2. The van der Waals surface area contributed by atoms with Gasteiger partial charge in [0, 0.05) is 12.7 Å². The highest BCUT2D eigenvalue weighted by atomic mass is 19.1. The molecule has 0 aliphatic heterocycles. The predicted molar refractivity (Wildman–Crippen MR) is 72.8 cm³/mol. The van der Waals surface area contributed by atoms with Gasteiger partial charge in [-0.1, -0.05) is 12.1 Å². The van der Waals surface area contributed by atoms with Crippen LogP contribution < -0.4 is 0 Å². The van der Waals surface area contributed by atoms with Gasteiger partial charge in [-0.05, 0) is 43.0 Å². The summed E-state index contributed by atoms with van der Waals surface area (Å²) >= 11 is 0. The lowest BCUT2D eigenvalue weighted by Gasteiger charge is -2.11. The molecule has 20 heavy (non-hydrogen) atoms. The summed E-state index contributed by atoms with van der Waals surface area (Å²) in [4.78, 5) is 11.3. The second-order valence-electron chi connectivity index (χ2n) is 4.78. The number of halogens is 1. The highest BCUT2D eigenvalue weighted by molar-refractivity contribution is 5.70. The van der Waals surface area contributed by atoms with E-state index in [1.54, 1.807) is 23.0 Å². The first-order valence-electron chi connectivity index (χ1n) is 6.57. The molecule has 1 aromatic heterocycles. The molecule has 4 nitrogen and oxygen atoms in total. The quantitative estimate of drug-likeness (QED) is 0.882. The van der Waals surface area contributed by atoms with E-state index in [1.165, 1.54) is 12.1 Å². The summed E-state index contributed by atoms with van der Waals surface area (Å²) in [5, 5.41) is 13.4. The third-order valence-electron chi connectivity index (χ3n) is 3.21. The molecule has 106 valence electrons. The lowest BCUT2D eigenvalue weighted by atomic mass is 9.94. The monoisotopic (exact) mass is 276 g/mol. The molecule has 0 saturated carbocycles. The number of rotatable bonds is 6. The van der Waals surface area contributed by atoms with Gasteiger partial charge in [0.25, 0.3) is 0 Å². The summed E-state index contributed by atoms with van der Waals surface area (Å²) in [6, 6.07) is 6.07. The zero-order chi connectivity index (χ0) is 14.5. The topological polar surface area (TPSA) is 55.1 Å². The van der Waals surface area contributed by atoms with Gasteiger partial charge in [-0.3, -0.25) is 9.48 Å². The second-order valence-corrected chi connectivity index (χ2v) is 4.78. The van der Waals surface area contributed by atoms with Crippen LogP contribution in [0.5, 0.6) is 0 Å². The summed E-state index contributed by atoms with van der Waals surface area (Å²) in [6.07, 6.45) is 4.24. The number of carbonyl (C=O) groups is 1. The van der Waals surface area contributed by atoms with Crippen molar-refractivity contribution in [3.05, 3.63) is 53.6 Å². The third kappa shape index (κ3) is 3.66. The maximum Gasteiger partial charge on any atom is 0.307 e. The molecule has 2 rings (SSSR count). The molecule has 0 saturated heterocycles. The van der Waals surface area contributed by atoms with Crippen LogP contribution in [0.25, 0.3) is 0 Å². The van der Waals surface area contributed by atoms with Gasteiger partial charge in [-0.25, -0.2) is 4.39 Å². The fourth-order valence-electron chi connectivity index (χ4n) is 2.16. The first kappa shape index (κ1) is 14.2. The Labute approximate surface area is 116 Å². The van der Waals surface area contributed by atoms with Gasteiger partial charge in [-0.2, -0.15) is 5.10 Å². The van der Waals surface area contributed by atoms with Gasteiger partial charge < -0.3 is 5.11 Å². The van der Waals surface area contributed by atoms with Crippen molar-refractivity contribution in [2.75, 3.05) is 0 Å². The fraction of sp³-hybridized carbons (Fsp3) is 0.333. The molecule has 1 atom stereocenters. The van der Waals surface area contributed by atoms with Gasteiger partial charge in [0.2, 0.25) is 0 Å². The molecule has 0 bridgehead atoms. The SMILES string of the molecule is CCn1cc(CC(Cc2cccc(F)c2)C(=O)O)cn1. The van der Waals surface area contributed by atoms with Gasteiger partial charge in [-0.15, -0.1) is 0 Å². The van der Waals surface area contributed by atoms with Crippen molar-refractivity contribution in [1.29, 1.82) is 0 Å². The van der Waals surface area contributed by atoms with Crippen molar-refractivity contribution in [3.63, 3.8) is 0 Å². The number of carboxylic acids is 1. The molecular weight excluding hydrogens is 259 g/mol. The summed E-state index contributed by atoms with van der Waals surface area (Å²) < 4.78 is 14.9. The molecule has 0 fully saturated rings. The van der Waals surface area contributed by atoms with Crippen molar-refractivity contribution in [1.82, 2.24) is 9.78 Å². The Bertz CT molecular complexity index is 595. The number of aryl methyl sites for hydroxylation is 1. The summed E-state index contributed by atoms with van der Waals surface area (Å²) in [7, 11) is 0. The van der Waals surface area contributed by atoms with Crippen molar-refractivity contribution in [2.45, 2.75) is 26.3 Å². The molecule has 1 heterocycles. The van der Waals surface area contributed by atoms with E-state index in [-0.39, 0.29) is 5.82 Å². The van der Waals surface area contributed by atoms with E-state index in [1.807, 2.05) is 13.1 Å². The third-order valence-corrected chi connectivity index (χ3v) is 3.21. The van der Waals surface area contributed by atoms with E-state index in [9.17, 15) is 14.3 Å². The van der Waals surface area contributed by atoms with Crippen LogP contribution in [0, 0.1) is 11.7 Å². The predicted octanol–water partition coefficient (Wildman–Crippen LogP) is 2.53. The normalized spacial score (nSPS) is 12.3. The molecule has 1 unspecified atom stereocenters. The van der Waals surface area contributed by atoms with Crippen LogP contribution >= 0.6 is 0 Å². The van der Waals surface area contributed by atoms with Crippen LogP contribution in [0.15, 0.2) is 36.7 Å². The zero-order valence-electron chi connectivity index (χ0n) is 11.3. The average Bonchev–Trinajstić information content (AvgIpc) is 2.85. The van der Waals surface area contributed by atoms with Crippen LogP contribution in [0.2, 0.25) is 0 Å². The van der Waals surface area contributed by atoms with E-state index in [4.69, 9.17) is 0 Å². The first-order chi connectivity index (χ1) is 9.58. The largest absolute Gasteiger partial charge is 0.481 e. The summed E-state index contributed by atoms with van der Waals surface area (Å²) in [5.41, 5.74) is 1.58. The Morgan fingerprint density at radius 2 is 2.15 bits per heavy atom. The van der Waals surface area contributed by atoms with Crippen molar-refractivity contribution < 1.29 is 14.3 Å². The van der Waals surface area contributed by atoms with Gasteiger partial charge in [0.05, 0.1) is 12.1 Å². The highest BCUT2D eigenvalue weighted by Crippen LogP contribution is 2.16. The maximum absolute atomic E-state index is 13.1. The first-order valence-corrected chi connectivity index (χ1v) is 6.57. The van der Waals surface area contributed by atoms with Crippen molar-refractivity contribution in [3.8, 4) is 0 Å². The molecule has 0 amide bonds. The minimum absolute atomic E-state index is 0.310. The van der Waals surface area contributed by atoms with Gasteiger partial charge in [0.15, 0.2) is 0 Å². The Kier molecular flexibility index (Phi) is 4.50. The van der Waals surface area contributed by atoms with E-state index < -0.39 is 11.9 Å². The standard InChI is InChI=1S/C15H17FN2O2/c1-2-18-10-12(9-17-18)7-13(15(19)20)6-11-4-3-5-14(16)8-11/h3-5,8-10,13H,2,6-7H2,1H3,(H,19,20). The number of benzene rings is 1. The van der Waals surface area contributed by atoms with Crippen LogP contribution in [0.3, 0.4) is 0 Å². The molecule has 0 aliphatic carbocycles. The Morgan fingerprint density at radius 1 is 1.40 bits per heavy atom.